The standard InChI is InChI=1S/C12H13F6N/c1-8(6-11(13,14)15)19-7-9-2-4-10(5-3-9)12(16,17)18/h2-5,8,19H,6-7H2,1H3. The highest BCUT2D eigenvalue weighted by atomic mass is 19.4. The largest absolute Gasteiger partial charge is 0.416 e. The Balaban J connectivity index is 2.51. The minimum Gasteiger partial charge on any atom is -0.310 e. The minimum atomic E-state index is -4.41. The van der Waals surface area contributed by atoms with Crippen LogP contribution in [0.3, 0.4) is 0 Å². The van der Waals surface area contributed by atoms with Crippen LogP contribution in [0.25, 0.3) is 0 Å². The van der Waals surface area contributed by atoms with E-state index in [2.05, 4.69) is 5.32 Å². The summed E-state index contributed by atoms with van der Waals surface area (Å²) in [4.78, 5) is 0. The molecule has 1 aromatic rings. The molecule has 0 amide bonds. The predicted molar refractivity (Wildman–Crippen MR) is 58.4 cm³/mol. The van der Waals surface area contributed by atoms with Crippen molar-refractivity contribution in [3.8, 4) is 0 Å². The van der Waals surface area contributed by atoms with Gasteiger partial charge in [0.1, 0.15) is 0 Å². The van der Waals surface area contributed by atoms with Crippen LogP contribution in [-0.2, 0) is 12.7 Å². The quantitative estimate of drug-likeness (QED) is 0.820. The highest BCUT2D eigenvalue weighted by molar-refractivity contribution is 5.24. The smallest absolute Gasteiger partial charge is 0.310 e. The number of nitrogens with one attached hydrogen (secondary N) is 1. The molecular weight excluding hydrogens is 272 g/mol. The second-order valence-corrected chi connectivity index (χ2v) is 4.30. The SMILES string of the molecule is CC(CC(F)(F)F)NCc1ccc(C(F)(F)F)cc1. The average Bonchev–Trinajstić information content (AvgIpc) is 2.23. The molecule has 1 aromatic carbocycles. The second kappa shape index (κ2) is 5.81. The number of halogens is 6. The van der Waals surface area contributed by atoms with Gasteiger partial charge in [-0.15, -0.1) is 0 Å². The third kappa shape index (κ3) is 5.96. The van der Waals surface area contributed by atoms with Gasteiger partial charge in [-0.1, -0.05) is 12.1 Å². The molecule has 108 valence electrons. The Morgan fingerprint density at radius 1 is 1.00 bits per heavy atom. The molecule has 0 spiro atoms. The lowest BCUT2D eigenvalue weighted by Gasteiger charge is -2.16. The predicted octanol–water partition coefficient (Wildman–Crippen LogP) is 4.14. The second-order valence-electron chi connectivity index (χ2n) is 4.30. The summed E-state index contributed by atoms with van der Waals surface area (Å²) < 4.78 is 73.0. The molecule has 1 nitrogen and oxygen atoms in total. The van der Waals surface area contributed by atoms with Gasteiger partial charge in [0, 0.05) is 12.6 Å². The molecule has 0 saturated heterocycles. The van der Waals surface area contributed by atoms with Gasteiger partial charge in [0.15, 0.2) is 0 Å². The van der Waals surface area contributed by atoms with Gasteiger partial charge in [0.2, 0.25) is 0 Å². The number of rotatable bonds is 4. The van der Waals surface area contributed by atoms with Crippen molar-refractivity contribution in [1.82, 2.24) is 5.32 Å². The van der Waals surface area contributed by atoms with Crippen LogP contribution in [0.5, 0.6) is 0 Å². The van der Waals surface area contributed by atoms with E-state index in [1.807, 2.05) is 0 Å². The first-order valence-electron chi connectivity index (χ1n) is 5.54. The van der Waals surface area contributed by atoms with Gasteiger partial charge in [-0.2, -0.15) is 26.3 Å². The van der Waals surface area contributed by atoms with Crippen molar-refractivity contribution in [2.45, 2.75) is 38.3 Å². The zero-order valence-electron chi connectivity index (χ0n) is 10.1. The van der Waals surface area contributed by atoms with Crippen molar-refractivity contribution in [1.29, 1.82) is 0 Å². The number of benzene rings is 1. The molecular formula is C12H13F6N. The summed E-state index contributed by atoms with van der Waals surface area (Å²) in [5.74, 6) is 0. The summed E-state index contributed by atoms with van der Waals surface area (Å²) >= 11 is 0. The Hall–Kier alpha value is -1.24. The summed E-state index contributed by atoms with van der Waals surface area (Å²) in [6.07, 6.45) is -9.64. The van der Waals surface area contributed by atoms with Crippen LogP contribution in [0.4, 0.5) is 26.3 Å². The maximum atomic E-state index is 12.3. The zero-order valence-corrected chi connectivity index (χ0v) is 10.1. The Morgan fingerprint density at radius 3 is 1.95 bits per heavy atom. The van der Waals surface area contributed by atoms with Crippen LogP contribution in [0, 0.1) is 0 Å². The lowest BCUT2D eigenvalue weighted by molar-refractivity contribution is -0.139. The van der Waals surface area contributed by atoms with Gasteiger partial charge in [0.25, 0.3) is 0 Å². The van der Waals surface area contributed by atoms with Crippen LogP contribution >= 0.6 is 0 Å². The van der Waals surface area contributed by atoms with E-state index >= 15 is 0 Å². The Morgan fingerprint density at radius 2 is 1.53 bits per heavy atom. The third-order valence-corrected chi connectivity index (χ3v) is 2.47. The summed E-state index contributed by atoms with van der Waals surface area (Å²) in [5, 5.41) is 2.61. The highest BCUT2D eigenvalue weighted by Crippen LogP contribution is 2.29. The molecule has 0 radical (unpaired) electrons. The van der Waals surface area contributed by atoms with Gasteiger partial charge < -0.3 is 5.32 Å². The van der Waals surface area contributed by atoms with Crippen molar-refractivity contribution >= 4 is 0 Å². The molecule has 1 unspecified atom stereocenters. The monoisotopic (exact) mass is 285 g/mol. The van der Waals surface area contributed by atoms with Gasteiger partial charge in [-0.3, -0.25) is 0 Å². The summed E-state index contributed by atoms with van der Waals surface area (Å²) in [7, 11) is 0. The van der Waals surface area contributed by atoms with Gasteiger partial charge in [-0.05, 0) is 24.6 Å². The summed E-state index contributed by atoms with van der Waals surface area (Å²) in [6.45, 7) is 1.47. The minimum absolute atomic E-state index is 0.0926. The van der Waals surface area contributed by atoms with E-state index in [9.17, 15) is 26.3 Å². The van der Waals surface area contributed by atoms with Gasteiger partial charge >= 0.3 is 12.4 Å². The van der Waals surface area contributed by atoms with Crippen LogP contribution in [0.2, 0.25) is 0 Å². The van der Waals surface area contributed by atoms with Crippen LogP contribution in [0.1, 0.15) is 24.5 Å². The fourth-order valence-electron chi connectivity index (χ4n) is 1.52. The number of hydrogen-bond acceptors (Lipinski definition) is 1. The Bertz CT molecular complexity index is 392. The molecule has 0 aliphatic heterocycles. The molecule has 0 heterocycles. The maximum Gasteiger partial charge on any atom is 0.416 e. The van der Waals surface area contributed by atoms with Crippen LogP contribution in [0.15, 0.2) is 24.3 Å². The van der Waals surface area contributed by atoms with E-state index in [-0.39, 0.29) is 6.54 Å². The van der Waals surface area contributed by atoms with E-state index < -0.39 is 30.4 Å². The molecule has 19 heavy (non-hydrogen) atoms. The maximum absolute atomic E-state index is 12.3. The van der Waals surface area contributed by atoms with Crippen LogP contribution in [-0.4, -0.2) is 12.2 Å². The molecule has 0 aliphatic carbocycles. The first-order valence-corrected chi connectivity index (χ1v) is 5.54. The van der Waals surface area contributed by atoms with Crippen LogP contribution < -0.4 is 5.32 Å². The summed E-state index contributed by atoms with van der Waals surface area (Å²) in [5.41, 5.74) is -0.276. The number of hydrogen-bond donors (Lipinski definition) is 1. The average molecular weight is 285 g/mol. The van der Waals surface area contributed by atoms with E-state index in [4.69, 9.17) is 0 Å². The molecule has 0 bridgehead atoms. The first kappa shape index (κ1) is 15.8. The van der Waals surface area contributed by atoms with E-state index in [0.29, 0.717) is 5.56 Å². The summed E-state index contributed by atoms with van der Waals surface area (Å²) in [6, 6.07) is 3.52. The van der Waals surface area contributed by atoms with Crippen molar-refractivity contribution in [3.05, 3.63) is 35.4 Å². The normalized spacial score (nSPS) is 14.5. The topological polar surface area (TPSA) is 12.0 Å². The zero-order chi connectivity index (χ0) is 14.7. The van der Waals surface area contributed by atoms with Crippen molar-refractivity contribution in [2.24, 2.45) is 0 Å². The van der Waals surface area contributed by atoms with E-state index in [0.717, 1.165) is 12.1 Å². The molecule has 1 atom stereocenters. The highest BCUT2D eigenvalue weighted by Gasteiger charge is 2.30. The Kier molecular flexibility index (Phi) is 4.84. The Labute approximate surface area is 106 Å². The molecule has 0 aliphatic rings. The van der Waals surface area contributed by atoms with E-state index in [1.165, 1.54) is 19.1 Å². The molecule has 1 rings (SSSR count). The molecule has 0 fully saturated rings. The van der Waals surface area contributed by atoms with E-state index in [1.54, 1.807) is 0 Å². The fourth-order valence-corrected chi connectivity index (χ4v) is 1.52. The third-order valence-electron chi connectivity index (χ3n) is 2.47. The van der Waals surface area contributed by atoms with Gasteiger partial charge in [0.05, 0.1) is 12.0 Å². The first-order chi connectivity index (χ1) is 8.58. The van der Waals surface area contributed by atoms with Crippen molar-refractivity contribution < 1.29 is 26.3 Å². The van der Waals surface area contributed by atoms with Crippen molar-refractivity contribution in [2.75, 3.05) is 0 Å². The van der Waals surface area contributed by atoms with Gasteiger partial charge in [-0.25, -0.2) is 0 Å². The molecule has 0 aromatic heterocycles. The lowest BCUT2D eigenvalue weighted by Crippen LogP contribution is -2.30. The molecule has 7 heteroatoms. The molecule has 0 saturated carbocycles. The molecule has 1 N–H and O–H groups in total. The fraction of sp³-hybridized carbons (Fsp3) is 0.500. The number of alkyl halides is 6. The lowest BCUT2D eigenvalue weighted by atomic mass is 10.1. The van der Waals surface area contributed by atoms with Crippen molar-refractivity contribution in [3.63, 3.8) is 0 Å².